The maximum atomic E-state index is 11.6. The van der Waals surface area contributed by atoms with Gasteiger partial charge in [-0.15, -0.1) is 0 Å². The van der Waals surface area contributed by atoms with Crippen LogP contribution in [0.2, 0.25) is 0 Å². The first-order valence-electron chi connectivity index (χ1n) is 6.50. The van der Waals surface area contributed by atoms with Crippen molar-refractivity contribution in [2.45, 2.75) is 23.1 Å². The molecule has 2 N–H and O–H groups in total. The minimum Gasteiger partial charge on any atom is -0.300 e. The number of carbonyl (C=O) groups is 1. The van der Waals surface area contributed by atoms with Crippen LogP contribution in [-0.4, -0.2) is 36.6 Å². The van der Waals surface area contributed by atoms with Gasteiger partial charge in [0.25, 0.3) is 25.9 Å². The van der Waals surface area contributed by atoms with Gasteiger partial charge >= 0.3 is 0 Å². The van der Waals surface area contributed by atoms with E-state index in [2.05, 4.69) is 0 Å². The molecular weight excluding hydrogens is 378 g/mol. The standard InChI is InChI=1S/C13H11NO9S2/c1-7(15)2-8-3-10-11(12(4-8)24(18,19)20)5-9(14(16)17)6-13(10)25(21,22)23/h3-6H,2H2,1H3,(H,18,19,20)(H,21,22,23). The van der Waals surface area contributed by atoms with Gasteiger partial charge in [0.2, 0.25) is 0 Å². The lowest BCUT2D eigenvalue weighted by molar-refractivity contribution is -0.384. The van der Waals surface area contributed by atoms with E-state index in [1.165, 1.54) is 6.92 Å². The van der Waals surface area contributed by atoms with Crippen LogP contribution in [0.25, 0.3) is 10.8 Å². The van der Waals surface area contributed by atoms with Gasteiger partial charge < -0.3 is 0 Å². The van der Waals surface area contributed by atoms with E-state index in [9.17, 15) is 40.8 Å². The van der Waals surface area contributed by atoms with E-state index in [0.29, 0.717) is 6.07 Å². The molecule has 0 saturated heterocycles. The molecule has 0 aliphatic carbocycles. The number of nitro benzene ring substituents is 1. The van der Waals surface area contributed by atoms with Gasteiger partial charge in [-0.1, -0.05) is 0 Å². The van der Waals surface area contributed by atoms with Crippen molar-refractivity contribution in [1.82, 2.24) is 0 Å². The van der Waals surface area contributed by atoms with Crippen molar-refractivity contribution in [3.8, 4) is 0 Å². The molecule has 0 saturated carbocycles. The van der Waals surface area contributed by atoms with E-state index in [1.54, 1.807) is 0 Å². The quantitative estimate of drug-likeness (QED) is 0.435. The van der Waals surface area contributed by atoms with Gasteiger partial charge in [0, 0.05) is 29.3 Å². The highest BCUT2D eigenvalue weighted by Crippen LogP contribution is 2.34. The van der Waals surface area contributed by atoms with Gasteiger partial charge in [0.15, 0.2) is 0 Å². The number of ketones is 1. The maximum Gasteiger partial charge on any atom is 0.295 e. The second kappa shape index (κ2) is 6.15. The molecule has 25 heavy (non-hydrogen) atoms. The van der Waals surface area contributed by atoms with Crippen molar-refractivity contribution in [2.75, 3.05) is 0 Å². The summed E-state index contributed by atoms with van der Waals surface area (Å²) in [6, 6.07) is 3.34. The first-order chi connectivity index (χ1) is 11.3. The van der Waals surface area contributed by atoms with E-state index in [0.717, 1.165) is 18.2 Å². The lowest BCUT2D eigenvalue weighted by atomic mass is 10.0. The molecule has 10 nitrogen and oxygen atoms in total. The summed E-state index contributed by atoms with van der Waals surface area (Å²) < 4.78 is 65.1. The summed E-state index contributed by atoms with van der Waals surface area (Å²) in [6.45, 7) is 1.21. The van der Waals surface area contributed by atoms with Gasteiger partial charge in [0.1, 0.15) is 15.6 Å². The van der Waals surface area contributed by atoms with Crippen LogP contribution < -0.4 is 0 Å². The number of nitro groups is 1. The molecule has 0 bridgehead atoms. The molecule has 0 spiro atoms. The summed E-state index contributed by atoms with van der Waals surface area (Å²) in [5.74, 6) is -0.379. The molecular formula is C13H11NO9S2. The van der Waals surface area contributed by atoms with E-state index in [-0.39, 0.29) is 23.2 Å². The van der Waals surface area contributed by atoms with Gasteiger partial charge in [0.05, 0.1) is 4.92 Å². The number of hydrogen-bond acceptors (Lipinski definition) is 7. The molecule has 0 fully saturated rings. The van der Waals surface area contributed by atoms with Crippen LogP contribution in [0.4, 0.5) is 5.69 Å². The summed E-state index contributed by atoms with van der Waals surface area (Å²) in [4.78, 5) is 19.5. The second-order valence-electron chi connectivity index (χ2n) is 5.22. The Morgan fingerprint density at radius 2 is 1.48 bits per heavy atom. The molecule has 0 atom stereocenters. The highest BCUT2D eigenvalue weighted by atomic mass is 32.2. The lowest BCUT2D eigenvalue weighted by Gasteiger charge is -2.10. The van der Waals surface area contributed by atoms with E-state index in [1.807, 2.05) is 0 Å². The molecule has 0 aliphatic heterocycles. The third-order valence-corrected chi connectivity index (χ3v) is 5.05. The summed E-state index contributed by atoms with van der Waals surface area (Å²) >= 11 is 0. The third kappa shape index (κ3) is 3.99. The fourth-order valence-corrected chi connectivity index (χ4v) is 3.82. The molecule has 0 aromatic heterocycles. The number of Topliss-reactive ketones (excluding diaryl/α,β-unsaturated/α-hetero) is 1. The average molecular weight is 389 g/mol. The Bertz CT molecular complexity index is 1120. The predicted molar refractivity (Wildman–Crippen MR) is 84.6 cm³/mol. The third-order valence-electron chi connectivity index (χ3n) is 3.26. The monoisotopic (exact) mass is 389 g/mol. The van der Waals surface area contributed by atoms with Crippen LogP contribution in [0.1, 0.15) is 12.5 Å². The zero-order valence-electron chi connectivity index (χ0n) is 12.5. The summed E-state index contributed by atoms with van der Waals surface area (Å²) in [6.07, 6.45) is -0.277. The topological polar surface area (TPSA) is 169 Å². The zero-order chi connectivity index (χ0) is 19.2. The molecule has 0 unspecified atom stereocenters. The van der Waals surface area contributed by atoms with E-state index >= 15 is 0 Å². The molecule has 12 heteroatoms. The molecule has 2 aromatic carbocycles. The summed E-state index contributed by atoms with van der Waals surface area (Å²) in [7, 11) is -9.86. The normalized spacial score (nSPS) is 12.3. The van der Waals surface area contributed by atoms with Crippen molar-refractivity contribution >= 4 is 42.5 Å². The molecule has 2 aromatic rings. The largest absolute Gasteiger partial charge is 0.300 e. The van der Waals surface area contributed by atoms with Crippen LogP contribution in [-0.2, 0) is 31.5 Å². The predicted octanol–water partition coefficient (Wildman–Crippen LogP) is 1.37. The van der Waals surface area contributed by atoms with Crippen molar-refractivity contribution in [3.05, 3.63) is 39.9 Å². The smallest absolute Gasteiger partial charge is 0.295 e. The Kier molecular flexibility index (Phi) is 4.65. The molecule has 134 valence electrons. The van der Waals surface area contributed by atoms with Gasteiger partial charge in [-0.3, -0.25) is 24.0 Å². The Hall–Kier alpha value is -2.41. The molecule has 0 aliphatic rings. The van der Waals surface area contributed by atoms with Crippen LogP contribution in [0.15, 0.2) is 34.1 Å². The summed E-state index contributed by atoms with van der Waals surface area (Å²) in [5.41, 5.74) is -0.754. The summed E-state index contributed by atoms with van der Waals surface area (Å²) in [5, 5.41) is 10.1. The number of benzene rings is 2. The van der Waals surface area contributed by atoms with Crippen LogP contribution in [0.3, 0.4) is 0 Å². The molecule has 0 radical (unpaired) electrons. The Morgan fingerprint density at radius 1 is 1.00 bits per heavy atom. The number of carbonyl (C=O) groups excluding carboxylic acids is 1. The second-order valence-corrected chi connectivity index (χ2v) is 8.00. The minimum atomic E-state index is -4.96. The van der Waals surface area contributed by atoms with Crippen LogP contribution >= 0.6 is 0 Å². The SMILES string of the molecule is CC(=O)Cc1cc(S(=O)(=O)O)c2cc([N+](=O)[O-])cc(S(=O)(=O)O)c2c1. The number of rotatable bonds is 5. The van der Waals surface area contributed by atoms with Gasteiger partial charge in [-0.05, 0) is 24.6 Å². The molecule has 0 amide bonds. The van der Waals surface area contributed by atoms with Crippen molar-refractivity contribution < 1.29 is 35.7 Å². The first-order valence-corrected chi connectivity index (χ1v) is 9.38. The lowest BCUT2D eigenvalue weighted by Crippen LogP contribution is -2.07. The minimum absolute atomic E-state index is 0.0476. The van der Waals surface area contributed by atoms with Crippen molar-refractivity contribution in [2.24, 2.45) is 0 Å². The molecule has 2 rings (SSSR count). The van der Waals surface area contributed by atoms with Crippen LogP contribution in [0, 0.1) is 10.1 Å². The Morgan fingerprint density at radius 3 is 1.92 bits per heavy atom. The van der Waals surface area contributed by atoms with Crippen molar-refractivity contribution in [3.63, 3.8) is 0 Å². The fourth-order valence-electron chi connectivity index (χ4n) is 2.36. The highest BCUT2D eigenvalue weighted by molar-refractivity contribution is 7.86. The van der Waals surface area contributed by atoms with E-state index < -0.39 is 46.0 Å². The van der Waals surface area contributed by atoms with Gasteiger partial charge in [-0.2, -0.15) is 16.8 Å². The number of non-ortho nitro benzene ring substituents is 1. The van der Waals surface area contributed by atoms with Crippen molar-refractivity contribution in [1.29, 1.82) is 0 Å². The Balaban J connectivity index is 3.10. The first kappa shape index (κ1) is 18.9. The highest BCUT2D eigenvalue weighted by Gasteiger charge is 2.25. The number of hydrogen-bond donors (Lipinski definition) is 2. The van der Waals surface area contributed by atoms with Crippen LogP contribution in [0.5, 0.6) is 0 Å². The number of nitrogens with zero attached hydrogens (tertiary/aromatic N) is 1. The molecule has 0 heterocycles. The Labute approximate surface area is 141 Å². The zero-order valence-corrected chi connectivity index (χ0v) is 14.2. The fraction of sp³-hybridized carbons (Fsp3) is 0.154. The average Bonchev–Trinajstić information content (AvgIpc) is 2.42. The maximum absolute atomic E-state index is 11.6. The van der Waals surface area contributed by atoms with Gasteiger partial charge in [-0.25, -0.2) is 0 Å². The number of fused-ring (bicyclic) bond motifs is 1. The van der Waals surface area contributed by atoms with E-state index in [4.69, 9.17) is 0 Å².